The molecule has 1 aliphatic rings. The maximum absolute atomic E-state index is 14.0. The number of benzene rings is 2. The fourth-order valence-corrected chi connectivity index (χ4v) is 6.93. The van der Waals surface area contributed by atoms with Crippen molar-refractivity contribution in [1.82, 2.24) is 14.5 Å². The van der Waals surface area contributed by atoms with Crippen molar-refractivity contribution in [3.63, 3.8) is 0 Å². The van der Waals surface area contributed by atoms with Gasteiger partial charge in [-0.2, -0.15) is 0 Å². The highest BCUT2D eigenvalue weighted by Gasteiger charge is 2.34. The Labute approximate surface area is 267 Å². The Bertz CT molecular complexity index is 1990. The largest absolute Gasteiger partial charge is 0.494 e. The predicted molar refractivity (Wildman–Crippen MR) is 171 cm³/mol. The van der Waals surface area contributed by atoms with E-state index in [2.05, 4.69) is 15.0 Å². The smallest absolute Gasteiger partial charge is 0.338 e. The number of rotatable bonds is 9. The van der Waals surface area contributed by atoms with Gasteiger partial charge in [0, 0.05) is 17.5 Å². The first kappa shape index (κ1) is 31.8. The minimum Gasteiger partial charge on any atom is -0.494 e. The zero-order chi connectivity index (χ0) is 32.4. The van der Waals surface area contributed by atoms with Crippen LogP contribution in [0.15, 0.2) is 79.6 Å². The van der Waals surface area contributed by atoms with E-state index in [1.54, 1.807) is 51.1 Å². The molecule has 0 unspecified atom stereocenters. The van der Waals surface area contributed by atoms with Gasteiger partial charge in [-0.25, -0.2) is 19.8 Å². The summed E-state index contributed by atoms with van der Waals surface area (Å²) in [6.07, 6.45) is 1.22. The molecule has 45 heavy (non-hydrogen) atoms. The normalized spacial score (nSPS) is 14.7. The van der Waals surface area contributed by atoms with Crippen LogP contribution in [0.25, 0.3) is 6.08 Å². The summed E-state index contributed by atoms with van der Waals surface area (Å²) < 4.78 is 12.9. The van der Waals surface area contributed by atoms with Gasteiger partial charge >= 0.3 is 5.97 Å². The number of thiazole rings is 1. The van der Waals surface area contributed by atoms with E-state index in [0.29, 0.717) is 48.6 Å². The van der Waals surface area contributed by atoms with Crippen LogP contribution in [-0.4, -0.2) is 38.1 Å². The molecule has 1 aliphatic heterocycles. The number of allylic oxidation sites excluding steroid dienone is 1. The highest BCUT2D eigenvalue weighted by molar-refractivity contribution is 7.99. The van der Waals surface area contributed by atoms with Crippen LogP contribution in [0.1, 0.15) is 56.3 Å². The van der Waals surface area contributed by atoms with Crippen LogP contribution in [0.2, 0.25) is 0 Å². The molecule has 0 N–H and O–H groups in total. The van der Waals surface area contributed by atoms with E-state index in [9.17, 15) is 19.7 Å². The number of aromatic nitrogens is 3. The quantitative estimate of drug-likeness (QED) is 0.106. The van der Waals surface area contributed by atoms with Gasteiger partial charge in [-0.05, 0) is 94.8 Å². The zero-order valence-electron chi connectivity index (χ0n) is 25.6. The lowest BCUT2D eigenvalue weighted by Crippen LogP contribution is -2.40. The molecular formula is C32H31N5O6S2. The molecule has 0 saturated carbocycles. The average molecular weight is 646 g/mol. The molecular weight excluding hydrogens is 615 g/mol. The highest BCUT2D eigenvalue weighted by atomic mass is 32.2. The summed E-state index contributed by atoms with van der Waals surface area (Å²) >= 11 is 2.25. The van der Waals surface area contributed by atoms with Crippen molar-refractivity contribution < 1.29 is 19.2 Å². The number of ether oxygens (including phenoxy) is 2. The van der Waals surface area contributed by atoms with E-state index in [1.165, 1.54) is 10.6 Å². The van der Waals surface area contributed by atoms with Crippen molar-refractivity contribution in [2.24, 2.45) is 4.99 Å². The van der Waals surface area contributed by atoms with E-state index in [-0.39, 0.29) is 22.9 Å². The topological polar surface area (TPSA) is 139 Å². The Morgan fingerprint density at radius 2 is 1.80 bits per heavy atom. The minimum absolute atomic E-state index is 0.133. The van der Waals surface area contributed by atoms with Crippen LogP contribution < -0.4 is 19.6 Å². The number of carbonyl (C=O) groups excluding carboxylic acids is 1. The van der Waals surface area contributed by atoms with Crippen LogP contribution in [-0.2, 0) is 9.53 Å². The van der Waals surface area contributed by atoms with E-state index >= 15 is 0 Å². The second-order valence-corrected chi connectivity index (χ2v) is 12.6. The maximum Gasteiger partial charge on any atom is 0.338 e. The molecule has 0 fully saturated rings. The third-order valence-corrected chi connectivity index (χ3v) is 8.64. The molecule has 0 aliphatic carbocycles. The second kappa shape index (κ2) is 13.2. The van der Waals surface area contributed by atoms with Gasteiger partial charge in [0.2, 0.25) is 0 Å². The minimum atomic E-state index is -0.795. The molecule has 1 atom stereocenters. The number of fused-ring (bicyclic) bond motifs is 1. The van der Waals surface area contributed by atoms with Gasteiger partial charge in [0.1, 0.15) is 5.75 Å². The fourth-order valence-electron chi connectivity index (χ4n) is 4.93. The number of hydrogen-bond donors (Lipinski definition) is 0. The molecule has 2 aromatic heterocycles. The number of nitro benzene ring substituents is 1. The maximum atomic E-state index is 14.0. The Morgan fingerprint density at radius 3 is 2.42 bits per heavy atom. The number of hydrogen-bond acceptors (Lipinski definition) is 11. The van der Waals surface area contributed by atoms with Gasteiger partial charge in [0.25, 0.3) is 11.2 Å². The Morgan fingerprint density at radius 1 is 1.11 bits per heavy atom. The molecule has 2 aromatic carbocycles. The Hall–Kier alpha value is -4.62. The molecule has 0 bridgehead atoms. The van der Waals surface area contributed by atoms with Crippen LogP contribution in [0.3, 0.4) is 0 Å². The summed E-state index contributed by atoms with van der Waals surface area (Å²) in [5.74, 6) is 0.101. The lowest BCUT2D eigenvalue weighted by atomic mass is 9.96. The third kappa shape index (κ3) is 6.89. The molecule has 13 heteroatoms. The van der Waals surface area contributed by atoms with E-state index < -0.39 is 16.9 Å². The van der Waals surface area contributed by atoms with E-state index in [1.807, 2.05) is 39.0 Å². The number of nitrogens with zero attached hydrogens (tertiary/aromatic N) is 5. The van der Waals surface area contributed by atoms with Crippen LogP contribution in [0.4, 0.5) is 5.69 Å². The summed E-state index contributed by atoms with van der Waals surface area (Å²) in [5.41, 5.74) is 2.86. The van der Waals surface area contributed by atoms with Crippen LogP contribution in [0.5, 0.6) is 5.75 Å². The highest BCUT2D eigenvalue weighted by Crippen LogP contribution is 2.35. The van der Waals surface area contributed by atoms with Gasteiger partial charge in [-0.3, -0.25) is 19.5 Å². The molecule has 0 saturated heterocycles. The van der Waals surface area contributed by atoms with E-state index in [0.717, 1.165) is 34.5 Å². The molecule has 11 nitrogen and oxygen atoms in total. The van der Waals surface area contributed by atoms with Crippen molar-refractivity contribution in [3.8, 4) is 5.75 Å². The van der Waals surface area contributed by atoms with Crippen molar-refractivity contribution in [2.45, 2.75) is 63.7 Å². The molecule has 4 aromatic rings. The number of nitro groups is 1. The second-order valence-electron chi connectivity index (χ2n) is 10.6. The summed E-state index contributed by atoms with van der Waals surface area (Å²) in [7, 11) is 0. The van der Waals surface area contributed by atoms with Crippen molar-refractivity contribution in [3.05, 3.63) is 112 Å². The predicted octanol–water partition coefficient (Wildman–Crippen LogP) is 5.05. The Kier molecular flexibility index (Phi) is 9.30. The summed E-state index contributed by atoms with van der Waals surface area (Å²) in [5, 5.41) is 12.5. The van der Waals surface area contributed by atoms with E-state index in [4.69, 9.17) is 9.47 Å². The summed E-state index contributed by atoms with van der Waals surface area (Å²) in [4.78, 5) is 53.1. The van der Waals surface area contributed by atoms with Crippen LogP contribution >= 0.6 is 23.1 Å². The van der Waals surface area contributed by atoms with Gasteiger partial charge < -0.3 is 9.47 Å². The molecule has 0 amide bonds. The molecule has 232 valence electrons. The standard InChI is InChI=1S/C32H31N5O6S2/c1-7-42-23-11-9-22(10-12-23)28-27(30(39)43-17(2)3)20(6)35-32-36(28)29(38)26(45-32)16-21-8-13-25(24(15-21)37(40)41)44-31-33-18(4)14-19(5)34-31/h8-17,28H,7H2,1-6H3/b26-16-/t28-/m0/s1. The number of aryl methyl sites for hydroxylation is 2. The number of esters is 1. The number of carbonyl (C=O) groups is 1. The lowest BCUT2D eigenvalue weighted by Gasteiger charge is -2.25. The summed E-state index contributed by atoms with van der Waals surface area (Å²) in [6.45, 7) is 11.3. The molecule has 0 spiro atoms. The molecule has 5 rings (SSSR count). The van der Waals surface area contributed by atoms with Crippen molar-refractivity contribution in [2.75, 3.05) is 6.61 Å². The molecule has 3 heterocycles. The first-order chi connectivity index (χ1) is 21.4. The Balaban J connectivity index is 1.60. The van der Waals surface area contributed by atoms with Gasteiger partial charge in [-0.15, -0.1) is 0 Å². The zero-order valence-corrected chi connectivity index (χ0v) is 27.2. The third-order valence-electron chi connectivity index (χ3n) is 6.73. The first-order valence-corrected chi connectivity index (χ1v) is 15.8. The first-order valence-electron chi connectivity index (χ1n) is 14.2. The van der Waals surface area contributed by atoms with Gasteiger partial charge in [0.05, 0.1) is 44.4 Å². The van der Waals surface area contributed by atoms with Crippen molar-refractivity contribution in [1.29, 1.82) is 0 Å². The monoisotopic (exact) mass is 645 g/mol. The molecule has 0 radical (unpaired) electrons. The van der Waals surface area contributed by atoms with Crippen LogP contribution in [0, 0.1) is 24.0 Å². The van der Waals surface area contributed by atoms with Crippen molar-refractivity contribution >= 4 is 40.8 Å². The van der Waals surface area contributed by atoms with Gasteiger partial charge in [0.15, 0.2) is 9.96 Å². The van der Waals surface area contributed by atoms with Gasteiger partial charge in [-0.1, -0.05) is 29.5 Å². The average Bonchev–Trinajstić information content (AvgIpc) is 3.26. The SMILES string of the molecule is CCOc1ccc([C@H]2C(C(=O)OC(C)C)=C(C)N=c3s/c(=C\c4ccc(Sc5nc(C)cc(C)n5)c([N+](=O)[O-])c4)c(=O)n32)cc1. The fraction of sp³-hybridized carbons (Fsp3) is 0.281. The lowest BCUT2D eigenvalue weighted by molar-refractivity contribution is -0.387. The summed E-state index contributed by atoms with van der Waals surface area (Å²) in [6, 6.07) is 13.0.